The van der Waals surface area contributed by atoms with Crippen molar-refractivity contribution >= 4 is 40.7 Å². The van der Waals surface area contributed by atoms with E-state index in [0.29, 0.717) is 27.8 Å². The zero-order valence-electron chi connectivity index (χ0n) is 12.0. The highest BCUT2D eigenvalue weighted by molar-refractivity contribution is 6.33. The molecule has 0 fully saturated rings. The number of halogens is 1. The molecule has 1 aromatic carbocycles. The van der Waals surface area contributed by atoms with E-state index in [1.807, 2.05) is 0 Å². The van der Waals surface area contributed by atoms with E-state index >= 15 is 0 Å². The Morgan fingerprint density at radius 2 is 2.00 bits per heavy atom. The monoisotopic (exact) mass is 319 g/mol. The van der Waals surface area contributed by atoms with Crippen LogP contribution in [0.5, 0.6) is 0 Å². The second-order valence-electron chi connectivity index (χ2n) is 4.42. The standard InChI is InChI=1S/C15H14ClN3O3/c1-9(20)18-14-6-4-11(8-17-14)19-13-7-10(15(21)22-2)3-5-12(13)16/h3-8,19H,1-2H3,(H,17,18,20). The number of anilines is 3. The summed E-state index contributed by atoms with van der Waals surface area (Å²) in [5.41, 5.74) is 1.61. The first-order valence-corrected chi connectivity index (χ1v) is 6.76. The van der Waals surface area contributed by atoms with Crippen LogP contribution in [0.25, 0.3) is 0 Å². The zero-order chi connectivity index (χ0) is 16.1. The Hall–Kier alpha value is -2.60. The fraction of sp³-hybridized carbons (Fsp3) is 0.133. The van der Waals surface area contributed by atoms with E-state index in [1.165, 1.54) is 14.0 Å². The Morgan fingerprint density at radius 3 is 2.59 bits per heavy atom. The highest BCUT2D eigenvalue weighted by Gasteiger charge is 2.09. The number of carbonyl (C=O) groups is 2. The van der Waals surface area contributed by atoms with E-state index in [1.54, 1.807) is 36.5 Å². The first-order valence-electron chi connectivity index (χ1n) is 6.38. The number of methoxy groups -OCH3 is 1. The molecule has 0 aliphatic carbocycles. The van der Waals surface area contributed by atoms with Crippen LogP contribution in [0.3, 0.4) is 0 Å². The molecule has 114 valence electrons. The summed E-state index contributed by atoms with van der Waals surface area (Å²) >= 11 is 6.10. The number of rotatable bonds is 4. The molecule has 0 atom stereocenters. The van der Waals surface area contributed by atoms with Gasteiger partial charge in [0.25, 0.3) is 0 Å². The lowest BCUT2D eigenvalue weighted by atomic mass is 10.2. The van der Waals surface area contributed by atoms with Gasteiger partial charge in [-0.25, -0.2) is 9.78 Å². The van der Waals surface area contributed by atoms with Crippen LogP contribution in [0.15, 0.2) is 36.5 Å². The van der Waals surface area contributed by atoms with Crippen LogP contribution < -0.4 is 10.6 Å². The fourth-order valence-electron chi connectivity index (χ4n) is 1.74. The molecular formula is C15H14ClN3O3. The lowest BCUT2D eigenvalue weighted by Crippen LogP contribution is -2.07. The molecule has 2 rings (SSSR count). The second-order valence-corrected chi connectivity index (χ2v) is 4.83. The van der Waals surface area contributed by atoms with Crippen LogP contribution in [0, 0.1) is 0 Å². The average Bonchev–Trinajstić information content (AvgIpc) is 2.50. The molecule has 22 heavy (non-hydrogen) atoms. The molecule has 0 radical (unpaired) electrons. The molecule has 0 saturated heterocycles. The largest absolute Gasteiger partial charge is 0.465 e. The fourth-order valence-corrected chi connectivity index (χ4v) is 1.91. The molecular weight excluding hydrogens is 306 g/mol. The number of benzene rings is 1. The third kappa shape index (κ3) is 3.95. The molecule has 0 aliphatic rings. The van der Waals surface area contributed by atoms with E-state index in [-0.39, 0.29) is 5.91 Å². The van der Waals surface area contributed by atoms with Gasteiger partial charge in [-0.15, -0.1) is 0 Å². The van der Waals surface area contributed by atoms with Gasteiger partial charge < -0.3 is 15.4 Å². The molecule has 0 saturated carbocycles. The van der Waals surface area contributed by atoms with Crippen molar-refractivity contribution in [2.45, 2.75) is 6.92 Å². The van der Waals surface area contributed by atoms with Gasteiger partial charge in [-0.05, 0) is 30.3 Å². The predicted molar refractivity (Wildman–Crippen MR) is 84.6 cm³/mol. The molecule has 1 amide bonds. The lowest BCUT2D eigenvalue weighted by Gasteiger charge is -2.10. The molecule has 7 heteroatoms. The minimum Gasteiger partial charge on any atom is -0.465 e. The highest BCUT2D eigenvalue weighted by Crippen LogP contribution is 2.27. The summed E-state index contributed by atoms with van der Waals surface area (Å²) in [5, 5.41) is 6.09. The van der Waals surface area contributed by atoms with Gasteiger partial charge in [0.15, 0.2) is 0 Å². The smallest absolute Gasteiger partial charge is 0.337 e. The van der Waals surface area contributed by atoms with Crippen molar-refractivity contribution in [2.24, 2.45) is 0 Å². The summed E-state index contributed by atoms with van der Waals surface area (Å²) < 4.78 is 4.67. The number of esters is 1. The van der Waals surface area contributed by atoms with E-state index < -0.39 is 5.97 Å². The molecule has 0 aliphatic heterocycles. The number of ether oxygens (including phenoxy) is 1. The van der Waals surface area contributed by atoms with Gasteiger partial charge in [0.2, 0.25) is 5.91 Å². The third-order valence-electron chi connectivity index (χ3n) is 2.73. The minimum atomic E-state index is -0.446. The number of nitrogens with zero attached hydrogens (tertiary/aromatic N) is 1. The number of carbonyl (C=O) groups excluding carboxylic acids is 2. The molecule has 0 spiro atoms. The topological polar surface area (TPSA) is 80.3 Å². The maximum atomic E-state index is 11.5. The van der Waals surface area contributed by atoms with Gasteiger partial charge in [0.05, 0.1) is 35.3 Å². The Kier molecular flexibility index (Phi) is 4.95. The van der Waals surface area contributed by atoms with E-state index in [2.05, 4.69) is 20.4 Å². The summed E-state index contributed by atoms with van der Waals surface area (Å²) in [6.45, 7) is 1.41. The molecule has 1 aromatic heterocycles. The van der Waals surface area contributed by atoms with Gasteiger partial charge in [0, 0.05) is 6.92 Å². The summed E-state index contributed by atoms with van der Waals surface area (Å²) in [6.07, 6.45) is 1.55. The number of hydrogen-bond acceptors (Lipinski definition) is 5. The van der Waals surface area contributed by atoms with Gasteiger partial charge in [-0.2, -0.15) is 0 Å². The van der Waals surface area contributed by atoms with E-state index in [9.17, 15) is 9.59 Å². The number of aromatic nitrogens is 1. The quantitative estimate of drug-likeness (QED) is 0.846. The first kappa shape index (κ1) is 15.8. The summed E-state index contributed by atoms with van der Waals surface area (Å²) in [7, 11) is 1.31. The van der Waals surface area contributed by atoms with Crippen LogP contribution >= 0.6 is 11.6 Å². The molecule has 2 aromatic rings. The summed E-state index contributed by atoms with van der Waals surface area (Å²) in [6, 6.07) is 8.17. The first-order chi connectivity index (χ1) is 10.5. The van der Waals surface area contributed by atoms with Crippen LogP contribution in [-0.4, -0.2) is 24.0 Å². The van der Waals surface area contributed by atoms with Crippen molar-refractivity contribution in [2.75, 3.05) is 17.7 Å². The van der Waals surface area contributed by atoms with Crippen LogP contribution in [0.2, 0.25) is 5.02 Å². The van der Waals surface area contributed by atoms with Gasteiger partial charge in [0.1, 0.15) is 5.82 Å². The van der Waals surface area contributed by atoms with Crippen molar-refractivity contribution in [3.05, 3.63) is 47.1 Å². The summed E-state index contributed by atoms with van der Waals surface area (Å²) in [4.78, 5) is 26.6. The van der Waals surface area contributed by atoms with Crippen molar-refractivity contribution in [3.8, 4) is 0 Å². The zero-order valence-corrected chi connectivity index (χ0v) is 12.8. The molecule has 6 nitrogen and oxygen atoms in total. The predicted octanol–water partition coefficient (Wildman–Crippen LogP) is 3.22. The second kappa shape index (κ2) is 6.91. The minimum absolute atomic E-state index is 0.193. The van der Waals surface area contributed by atoms with Crippen molar-refractivity contribution in [1.29, 1.82) is 0 Å². The Labute approximate surface area is 132 Å². The number of amides is 1. The molecule has 0 unspecified atom stereocenters. The van der Waals surface area contributed by atoms with Gasteiger partial charge >= 0.3 is 5.97 Å². The number of hydrogen-bond donors (Lipinski definition) is 2. The Morgan fingerprint density at radius 1 is 1.23 bits per heavy atom. The average molecular weight is 320 g/mol. The Balaban J connectivity index is 2.19. The maximum Gasteiger partial charge on any atom is 0.337 e. The van der Waals surface area contributed by atoms with Gasteiger partial charge in [-0.3, -0.25) is 4.79 Å². The van der Waals surface area contributed by atoms with Crippen LogP contribution in [-0.2, 0) is 9.53 Å². The van der Waals surface area contributed by atoms with E-state index in [0.717, 1.165) is 0 Å². The normalized spacial score (nSPS) is 9.95. The number of pyridine rings is 1. The van der Waals surface area contributed by atoms with Crippen LogP contribution in [0.1, 0.15) is 17.3 Å². The van der Waals surface area contributed by atoms with E-state index in [4.69, 9.17) is 11.6 Å². The molecule has 2 N–H and O–H groups in total. The molecule has 1 heterocycles. The van der Waals surface area contributed by atoms with Crippen molar-refractivity contribution < 1.29 is 14.3 Å². The maximum absolute atomic E-state index is 11.5. The molecule has 0 bridgehead atoms. The van der Waals surface area contributed by atoms with Crippen molar-refractivity contribution in [1.82, 2.24) is 4.98 Å². The highest BCUT2D eigenvalue weighted by atomic mass is 35.5. The SMILES string of the molecule is COC(=O)c1ccc(Cl)c(Nc2ccc(NC(C)=O)nc2)c1. The van der Waals surface area contributed by atoms with Crippen molar-refractivity contribution in [3.63, 3.8) is 0 Å². The third-order valence-corrected chi connectivity index (χ3v) is 3.06. The van der Waals surface area contributed by atoms with Gasteiger partial charge in [-0.1, -0.05) is 11.6 Å². The lowest BCUT2D eigenvalue weighted by molar-refractivity contribution is -0.114. The number of nitrogens with one attached hydrogen (secondary N) is 2. The van der Waals surface area contributed by atoms with Crippen LogP contribution in [0.4, 0.5) is 17.2 Å². The summed E-state index contributed by atoms with van der Waals surface area (Å²) in [5.74, 6) is -0.187. The Bertz CT molecular complexity index is 702.